The number of aryl methyl sites for hydroxylation is 1. The van der Waals surface area contributed by atoms with Crippen molar-refractivity contribution in [2.75, 3.05) is 11.9 Å². The molecule has 6 heteroatoms. The molecule has 0 saturated heterocycles. The molecule has 110 valence electrons. The largest absolute Gasteiger partial charge is 0.349 e. The Labute approximate surface area is 123 Å². The Balaban J connectivity index is 1.74. The molecule has 0 atom stereocenters. The second-order valence-electron chi connectivity index (χ2n) is 4.66. The van der Waals surface area contributed by atoms with Crippen LogP contribution in [-0.2, 0) is 6.42 Å². The maximum atomic E-state index is 11.7. The smallest absolute Gasteiger partial charge is 0.319 e. The fourth-order valence-electron chi connectivity index (χ4n) is 1.88. The van der Waals surface area contributed by atoms with Crippen LogP contribution in [0.5, 0.6) is 0 Å². The Morgan fingerprint density at radius 2 is 2.19 bits per heavy atom. The number of rotatable bonds is 6. The first kappa shape index (κ1) is 14.8. The third-order valence-electron chi connectivity index (χ3n) is 2.96. The molecule has 3 N–H and O–H groups in total. The number of nitrogens with zero attached hydrogens (tertiary/aromatic N) is 1. The Morgan fingerprint density at radius 3 is 2.90 bits per heavy atom. The van der Waals surface area contributed by atoms with Gasteiger partial charge in [-0.05, 0) is 25.5 Å². The summed E-state index contributed by atoms with van der Waals surface area (Å²) in [5.74, 6) is 0.879. The van der Waals surface area contributed by atoms with Crippen LogP contribution in [0.25, 0.3) is 0 Å². The maximum absolute atomic E-state index is 11.7. The van der Waals surface area contributed by atoms with Crippen molar-refractivity contribution >= 4 is 17.5 Å². The van der Waals surface area contributed by atoms with Crippen molar-refractivity contribution < 1.29 is 9.59 Å². The lowest BCUT2D eigenvalue weighted by molar-refractivity contribution is 0.101. The van der Waals surface area contributed by atoms with Crippen LogP contribution >= 0.6 is 0 Å². The Bertz CT molecular complexity index is 608. The highest BCUT2D eigenvalue weighted by atomic mass is 16.2. The molecular weight excluding hydrogens is 268 g/mol. The monoisotopic (exact) mass is 286 g/mol. The lowest BCUT2D eigenvalue weighted by Gasteiger charge is -2.08. The second kappa shape index (κ2) is 7.23. The van der Waals surface area contributed by atoms with E-state index < -0.39 is 0 Å². The minimum atomic E-state index is -0.282. The fraction of sp³-hybridized carbons (Fsp3) is 0.267. The average molecular weight is 286 g/mol. The van der Waals surface area contributed by atoms with Crippen molar-refractivity contribution in [3.8, 4) is 0 Å². The molecule has 2 rings (SSSR count). The van der Waals surface area contributed by atoms with Gasteiger partial charge in [-0.2, -0.15) is 0 Å². The number of carbonyl (C=O) groups is 2. The molecule has 0 aliphatic carbocycles. The van der Waals surface area contributed by atoms with Crippen molar-refractivity contribution in [2.24, 2.45) is 0 Å². The quantitative estimate of drug-likeness (QED) is 0.563. The van der Waals surface area contributed by atoms with Crippen molar-refractivity contribution in [1.29, 1.82) is 0 Å². The van der Waals surface area contributed by atoms with Gasteiger partial charge in [-0.25, -0.2) is 9.78 Å². The SMILES string of the molecule is CC(=O)c1cccc(NC(=O)NCCCc2ncc[nH]2)c1. The topological polar surface area (TPSA) is 86.9 Å². The molecule has 1 aromatic heterocycles. The summed E-state index contributed by atoms with van der Waals surface area (Å²) in [5.41, 5.74) is 1.18. The molecule has 2 aromatic rings. The first-order valence-corrected chi connectivity index (χ1v) is 6.79. The number of nitrogens with one attached hydrogen (secondary N) is 3. The van der Waals surface area contributed by atoms with Crippen LogP contribution in [0.15, 0.2) is 36.7 Å². The van der Waals surface area contributed by atoms with Gasteiger partial charge in [0.1, 0.15) is 5.82 Å². The number of H-pyrrole nitrogens is 1. The highest BCUT2D eigenvalue weighted by Crippen LogP contribution is 2.10. The van der Waals surface area contributed by atoms with Gasteiger partial charge in [-0.15, -0.1) is 0 Å². The number of aromatic nitrogens is 2. The molecule has 1 aromatic carbocycles. The molecule has 0 fully saturated rings. The number of hydrogen-bond donors (Lipinski definition) is 3. The summed E-state index contributed by atoms with van der Waals surface area (Å²) in [6.07, 6.45) is 5.07. The van der Waals surface area contributed by atoms with Crippen LogP contribution in [0.1, 0.15) is 29.5 Å². The van der Waals surface area contributed by atoms with E-state index in [-0.39, 0.29) is 11.8 Å². The third-order valence-corrected chi connectivity index (χ3v) is 2.96. The van der Waals surface area contributed by atoms with Gasteiger partial charge in [0.2, 0.25) is 0 Å². The Morgan fingerprint density at radius 1 is 1.33 bits per heavy atom. The number of carbonyl (C=O) groups excluding carboxylic acids is 2. The first-order chi connectivity index (χ1) is 10.1. The van der Waals surface area contributed by atoms with Gasteiger partial charge in [0.05, 0.1) is 0 Å². The summed E-state index contributed by atoms with van der Waals surface area (Å²) in [5, 5.41) is 5.47. The van der Waals surface area contributed by atoms with Gasteiger partial charge in [-0.1, -0.05) is 12.1 Å². The van der Waals surface area contributed by atoms with Gasteiger partial charge < -0.3 is 15.6 Å². The number of imidazole rings is 1. The van der Waals surface area contributed by atoms with Crippen molar-refractivity contribution in [3.05, 3.63) is 48.0 Å². The summed E-state index contributed by atoms with van der Waals surface area (Å²) in [6, 6.07) is 6.58. The molecule has 0 saturated carbocycles. The number of anilines is 1. The molecule has 6 nitrogen and oxygen atoms in total. The van der Waals surface area contributed by atoms with Gasteiger partial charge in [0.15, 0.2) is 5.78 Å². The van der Waals surface area contributed by atoms with E-state index in [1.165, 1.54) is 6.92 Å². The summed E-state index contributed by atoms with van der Waals surface area (Å²) >= 11 is 0. The number of hydrogen-bond acceptors (Lipinski definition) is 3. The zero-order chi connectivity index (χ0) is 15.1. The molecule has 21 heavy (non-hydrogen) atoms. The average Bonchev–Trinajstić information content (AvgIpc) is 2.97. The summed E-state index contributed by atoms with van der Waals surface area (Å²) in [4.78, 5) is 30.1. The fourth-order valence-corrected chi connectivity index (χ4v) is 1.88. The Kier molecular flexibility index (Phi) is 5.09. The molecule has 2 amide bonds. The predicted octanol–water partition coefficient (Wildman–Crippen LogP) is 2.37. The molecule has 1 heterocycles. The highest BCUT2D eigenvalue weighted by Gasteiger charge is 2.04. The molecule has 0 unspecified atom stereocenters. The Hall–Kier alpha value is -2.63. The molecule has 0 radical (unpaired) electrons. The molecule has 0 spiro atoms. The summed E-state index contributed by atoms with van der Waals surface area (Å²) in [7, 11) is 0. The van der Waals surface area contributed by atoms with Crippen LogP contribution in [0.3, 0.4) is 0 Å². The number of benzene rings is 1. The predicted molar refractivity (Wildman–Crippen MR) is 80.4 cm³/mol. The van der Waals surface area contributed by atoms with E-state index in [4.69, 9.17) is 0 Å². The zero-order valence-corrected chi connectivity index (χ0v) is 11.8. The lowest BCUT2D eigenvalue weighted by atomic mass is 10.1. The van der Waals surface area contributed by atoms with E-state index >= 15 is 0 Å². The summed E-state index contributed by atoms with van der Waals surface area (Å²) < 4.78 is 0. The highest BCUT2D eigenvalue weighted by molar-refractivity contribution is 5.96. The second-order valence-corrected chi connectivity index (χ2v) is 4.66. The molecule has 0 bridgehead atoms. The lowest BCUT2D eigenvalue weighted by Crippen LogP contribution is -2.29. The minimum absolute atomic E-state index is 0.0301. The van der Waals surface area contributed by atoms with Crippen LogP contribution in [0.2, 0.25) is 0 Å². The van der Waals surface area contributed by atoms with Gasteiger partial charge >= 0.3 is 6.03 Å². The van der Waals surface area contributed by atoms with Crippen molar-refractivity contribution in [2.45, 2.75) is 19.8 Å². The van der Waals surface area contributed by atoms with Gasteiger partial charge in [-0.3, -0.25) is 4.79 Å². The van der Waals surface area contributed by atoms with Crippen molar-refractivity contribution in [1.82, 2.24) is 15.3 Å². The molecular formula is C15H18N4O2. The standard InChI is InChI=1S/C15H18N4O2/c1-11(20)12-4-2-5-13(10-12)19-15(21)18-7-3-6-14-16-8-9-17-14/h2,4-5,8-10H,3,6-7H2,1H3,(H,16,17)(H2,18,19,21). The van der Waals surface area contributed by atoms with Gasteiger partial charge in [0.25, 0.3) is 0 Å². The molecule has 0 aliphatic heterocycles. The first-order valence-electron chi connectivity index (χ1n) is 6.79. The van der Waals surface area contributed by atoms with Crippen LogP contribution in [-0.4, -0.2) is 28.3 Å². The third kappa shape index (κ3) is 4.76. The number of aromatic amines is 1. The van der Waals surface area contributed by atoms with E-state index in [2.05, 4.69) is 20.6 Å². The van der Waals surface area contributed by atoms with Crippen molar-refractivity contribution in [3.63, 3.8) is 0 Å². The van der Waals surface area contributed by atoms with E-state index in [1.54, 1.807) is 36.7 Å². The number of amides is 2. The van der Waals surface area contributed by atoms with Crippen LogP contribution in [0, 0.1) is 0 Å². The van der Waals surface area contributed by atoms with Crippen LogP contribution < -0.4 is 10.6 Å². The van der Waals surface area contributed by atoms with E-state index in [1.807, 2.05) is 0 Å². The normalized spacial score (nSPS) is 10.1. The summed E-state index contributed by atoms with van der Waals surface area (Å²) in [6.45, 7) is 2.05. The van der Waals surface area contributed by atoms with Gasteiger partial charge in [0, 0.05) is 36.6 Å². The maximum Gasteiger partial charge on any atom is 0.319 e. The number of Topliss-reactive ketones (excluding diaryl/α,β-unsaturated/α-hetero) is 1. The van der Waals surface area contributed by atoms with E-state index in [0.717, 1.165) is 18.7 Å². The molecule has 0 aliphatic rings. The number of ketones is 1. The van der Waals surface area contributed by atoms with Crippen LogP contribution in [0.4, 0.5) is 10.5 Å². The number of urea groups is 1. The van der Waals surface area contributed by atoms with E-state index in [9.17, 15) is 9.59 Å². The van der Waals surface area contributed by atoms with E-state index in [0.29, 0.717) is 17.8 Å². The minimum Gasteiger partial charge on any atom is -0.349 e. The zero-order valence-electron chi connectivity index (χ0n) is 11.8.